The summed E-state index contributed by atoms with van der Waals surface area (Å²) in [6, 6.07) is 1.68. The summed E-state index contributed by atoms with van der Waals surface area (Å²) in [7, 11) is -2.88. The van der Waals surface area contributed by atoms with Crippen molar-refractivity contribution < 1.29 is 13.2 Å². The van der Waals surface area contributed by atoms with Crippen molar-refractivity contribution >= 4 is 27.2 Å². The molecule has 1 aliphatic heterocycles. The molecule has 0 bridgehead atoms. The third-order valence-electron chi connectivity index (χ3n) is 2.52. The summed E-state index contributed by atoms with van der Waals surface area (Å²) in [6.45, 7) is 0. The van der Waals surface area contributed by atoms with Crippen molar-refractivity contribution in [3.63, 3.8) is 0 Å². The number of carbonyl (C=O) groups excluding carboxylic acids is 1. The van der Waals surface area contributed by atoms with E-state index in [2.05, 4.69) is 4.37 Å². The maximum Gasteiger partial charge on any atom is 0.182 e. The summed E-state index contributed by atoms with van der Waals surface area (Å²) >= 11 is 1.24. The highest BCUT2D eigenvalue weighted by Gasteiger charge is 2.29. The molecule has 0 aromatic carbocycles. The van der Waals surface area contributed by atoms with E-state index in [9.17, 15) is 13.2 Å². The van der Waals surface area contributed by atoms with Gasteiger partial charge in [-0.15, -0.1) is 0 Å². The first-order valence-corrected chi connectivity index (χ1v) is 7.36. The van der Waals surface area contributed by atoms with E-state index in [1.54, 1.807) is 11.4 Å². The van der Waals surface area contributed by atoms with E-state index < -0.39 is 9.84 Å². The minimum Gasteiger partial charge on any atom is -0.292 e. The van der Waals surface area contributed by atoms with Crippen LogP contribution < -0.4 is 0 Å². The fourth-order valence-electron chi connectivity index (χ4n) is 1.76. The Kier molecular flexibility index (Phi) is 2.88. The smallest absolute Gasteiger partial charge is 0.182 e. The van der Waals surface area contributed by atoms with E-state index in [1.807, 2.05) is 0 Å². The van der Waals surface area contributed by atoms with Gasteiger partial charge in [0.2, 0.25) is 0 Å². The van der Waals surface area contributed by atoms with Crippen LogP contribution in [0.1, 0.15) is 23.3 Å². The number of aromatic nitrogens is 1. The van der Waals surface area contributed by atoms with Gasteiger partial charge in [-0.05, 0) is 29.9 Å². The van der Waals surface area contributed by atoms with Gasteiger partial charge in [0.15, 0.2) is 15.6 Å². The van der Waals surface area contributed by atoms with E-state index in [4.69, 9.17) is 0 Å². The fraction of sp³-hybridized carbons (Fsp3) is 0.556. The summed E-state index contributed by atoms with van der Waals surface area (Å²) in [5.74, 6) is 0.327. The molecule has 1 aromatic heterocycles. The number of rotatable bonds is 3. The highest BCUT2D eigenvalue weighted by Crippen LogP contribution is 2.23. The number of Topliss-reactive ketones (excluding diaryl/α,β-unsaturated/α-hetero) is 1. The zero-order valence-electron chi connectivity index (χ0n) is 8.05. The lowest BCUT2D eigenvalue weighted by atomic mass is 10.0. The molecule has 1 aromatic rings. The van der Waals surface area contributed by atoms with Crippen molar-refractivity contribution in [1.82, 2.24) is 4.37 Å². The normalized spacial score (nSPS) is 24.1. The second-order valence-corrected chi connectivity index (χ2v) is 6.68. The van der Waals surface area contributed by atoms with Gasteiger partial charge in [-0.25, -0.2) is 8.42 Å². The van der Waals surface area contributed by atoms with Crippen molar-refractivity contribution in [3.05, 3.63) is 17.1 Å². The Hall–Kier alpha value is -0.750. The van der Waals surface area contributed by atoms with Crippen molar-refractivity contribution in [1.29, 1.82) is 0 Å². The molecular formula is C9H11NO3S2. The molecule has 2 rings (SSSR count). The van der Waals surface area contributed by atoms with Crippen LogP contribution in [0.2, 0.25) is 0 Å². The lowest BCUT2D eigenvalue weighted by Crippen LogP contribution is -2.10. The van der Waals surface area contributed by atoms with Gasteiger partial charge in [-0.2, -0.15) is 4.37 Å². The molecule has 2 heterocycles. The average molecular weight is 245 g/mol. The topological polar surface area (TPSA) is 64.1 Å². The summed E-state index contributed by atoms with van der Waals surface area (Å²) < 4.78 is 26.3. The van der Waals surface area contributed by atoms with E-state index >= 15 is 0 Å². The van der Waals surface area contributed by atoms with Crippen LogP contribution in [0.15, 0.2) is 11.4 Å². The summed E-state index contributed by atoms with van der Waals surface area (Å²) in [4.78, 5) is 11.6. The molecule has 6 heteroatoms. The van der Waals surface area contributed by atoms with Gasteiger partial charge in [0.05, 0.1) is 11.5 Å². The van der Waals surface area contributed by atoms with E-state index in [0.717, 1.165) is 0 Å². The minimum atomic E-state index is -2.88. The molecule has 1 fully saturated rings. The van der Waals surface area contributed by atoms with Crippen molar-refractivity contribution in [2.24, 2.45) is 5.92 Å². The molecule has 82 valence electrons. The Morgan fingerprint density at radius 2 is 2.40 bits per heavy atom. The first-order valence-electron chi connectivity index (χ1n) is 4.71. The molecular weight excluding hydrogens is 234 g/mol. The predicted octanol–water partition coefficient (Wildman–Crippen LogP) is 1.15. The van der Waals surface area contributed by atoms with Gasteiger partial charge in [0.25, 0.3) is 0 Å². The van der Waals surface area contributed by atoms with Gasteiger partial charge >= 0.3 is 0 Å². The first kappa shape index (κ1) is 10.8. The Morgan fingerprint density at radius 3 is 2.93 bits per heavy atom. The molecule has 1 aliphatic rings. The SMILES string of the molecule is O=C(CC1CCS(=O)(=O)C1)c1ccsn1. The first-order chi connectivity index (χ1) is 7.07. The van der Waals surface area contributed by atoms with E-state index in [0.29, 0.717) is 18.5 Å². The highest BCUT2D eigenvalue weighted by atomic mass is 32.2. The number of ketones is 1. The van der Waals surface area contributed by atoms with E-state index in [1.165, 1.54) is 11.5 Å². The van der Waals surface area contributed by atoms with Crippen LogP contribution in [0.3, 0.4) is 0 Å². The number of nitrogens with zero attached hydrogens (tertiary/aromatic N) is 1. The molecule has 1 saturated heterocycles. The third kappa shape index (κ3) is 2.63. The summed E-state index contributed by atoms with van der Waals surface area (Å²) in [5.41, 5.74) is 0.462. The molecule has 1 atom stereocenters. The molecule has 0 spiro atoms. The maximum absolute atomic E-state index is 11.6. The highest BCUT2D eigenvalue weighted by molar-refractivity contribution is 7.91. The molecule has 15 heavy (non-hydrogen) atoms. The predicted molar refractivity (Wildman–Crippen MR) is 57.8 cm³/mol. The standard InChI is InChI=1S/C9H11NO3S2/c11-9(8-1-3-14-10-8)5-7-2-4-15(12,13)6-7/h1,3,7H,2,4-6H2. The Morgan fingerprint density at radius 1 is 1.60 bits per heavy atom. The zero-order chi connectivity index (χ0) is 10.9. The average Bonchev–Trinajstić information content (AvgIpc) is 2.74. The number of sulfone groups is 1. The molecule has 4 nitrogen and oxygen atoms in total. The van der Waals surface area contributed by atoms with Crippen LogP contribution >= 0.6 is 11.5 Å². The van der Waals surface area contributed by atoms with Crippen molar-refractivity contribution in [2.45, 2.75) is 12.8 Å². The summed E-state index contributed by atoms with van der Waals surface area (Å²) in [6.07, 6.45) is 0.918. The molecule has 0 saturated carbocycles. The van der Waals surface area contributed by atoms with Crippen molar-refractivity contribution in [3.8, 4) is 0 Å². The van der Waals surface area contributed by atoms with Gasteiger partial charge < -0.3 is 0 Å². The lowest BCUT2D eigenvalue weighted by molar-refractivity contribution is 0.0962. The molecule has 0 N–H and O–H groups in total. The van der Waals surface area contributed by atoms with Crippen LogP contribution in [0.4, 0.5) is 0 Å². The quantitative estimate of drug-likeness (QED) is 0.749. The van der Waals surface area contributed by atoms with Gasteiger partial charge in [-0.3, -0.25) is 4.79 Å². The van der Waals surface area contributed by atoms with Gasteiger partial charge in [0, 0.05) is 11.8 Å². The second kappa shape index (κ2) is 4.02. The third-order valence-corrected chi connectivity index (χ3v) is 4.92. The van der Waals surface area contributed by atoms with E-state index in [-0.39, 0.29) is 23.2 Å². The molecule has 0 amide bonds. The number of carbonyl (C=O) groups is 1. The fourth-order valence-corrected chi connectivity index (χ4v) is 4.14. The Bertz CT molecular complexity index is 450. The largest absolute Gasteiger partial charge is 0.292 e. The second-order valence-electron chi connectivity index (χ2n) is 3.78. The molecule has 0 radical (unpaired) electrons. The Balaban J connectivity index is 1.97. The molecule has 1 unspecified atom stereocenters. The summed E-state index contributed by atoms with van der Waals surface area (Å²) in [5, 5.41) is 1.75. The maximum atomic E-state index is 11.6. The van der Waals surface area contributed by atoms with Gasteiger partial charge in [-0.1, -0.05) is 0 Å². The zero-order valence-corrected chi connectivity index (χ0v) is 9.68. The lowest BCUT2D eigenvalue weighted by Gasteiger charge is -2.03. The molecule has 0 aliphatic carbocycles. The van der Waals surface area contributed by atoms with Crippen LogP contribution in [0, 0.1) is 5.92 Å². The van der Waals surface area contributed by atoms with Gasteiger partial charge in [0.1, 0.15) is 5.69 Å². The van der Waals surface area contributed by atoms with Crippen LogP contribution in [0.25, 0.3) is 0 Å². The van der Waals surface area contributed by atoms with Crippen LogP contribution in [-0.4, -0.2) is 30.1 Å². The number of hydrogen-bond donors (Lipinski definition) is 0. The van der Waals surface area contributed by atoms with Crippen LogP contribution in [0.5, 0.6) is 0 Å². The van der Waals surface area contributed by atoms with Crippen LogP contribution in [-0.2, 0) is 9.84 Å². The van der Waals surface area contributed by atoms with Crippen molar-refractivity contribution in [2.75, 3.05) is 11.5 Å². The number of hydrogen-bond acceptors (Lipinski definition) is 5. The Labute approximate surface area is 92.4 Å². The minimum absolute atomic E-state index is 0.0100. The monoisotopic (exact) mass is 245 g/mol.